The Morgan fingerprint density at radius 2 is 2.35 bits per heavy atom. The zero-order valence-corrected chi connectivity index (χ0v) is 13.2. The van der Waals surface area contributed by atoms with Crippen molar-refractivity contribution >= 4 is 28.9 Å². The maximum Gasteiger partial charge on any atom is 0.338 e. The predicted octanol–water partition coefficient (Wildman–Crippen LogP) is 2.62. The monoisotopic (exact) mass is 332 g/mol. The molecule has 1 aromatic carbocycles. The summed E-state index contributed by atoms with van der Waals surface area (Å²) in [7, 11) is 0. The molecule has 1 aliphatic rings. The number of carbonyl (C=O) groups excluding carboxylic acids is 2. The van der Waals surface area contributed by atoms with E-state index in [0.29, 0.717) is 17.9 Å². The molecule has 1 unspecified atom stereocenters. The van der Waals surface area contributed by atoms with Crippen LogP contribution in [-0.2, 0) is 20.9 Å². The molecule has 1 N–H and O–H groups in total. The number of carbonyl (C=O) groups is 2. The standard InChI is InChI=1S/C16H16N2O4S/c19-15(13-5-2-7-21-13)18-12-4-1-3-11(9-12)16(20)22-10-14-17-6-8-23-14/h1,3-4,6,8-9,13H,2,5,7,10H2,(H,18,19). The van der Waals surface area contributed by atoms with E-state index in [1.807, 2.05) is 5.38 Å². The second-order valence-corrected chi connectivity index (χ2v) is 6.05. The van der Waals surface area contributed by atoms with Crippen LogP contribution in [0.15, 0.2) is 35.8 Å². The van der Waals surface area contributed by atoms with Gasteiger partial charge in [-0.3, -0.25) is 4.79 Å². The van der Waals surface area contributed by atoms with E-state index in [1.165, 1.54) is 11.3 Å². The van der Waals surface area contributed by atoms with Crippen molar-refractivity contribution in [3.05, 3.63) is 46.4 Å². The van der Waals surface area contributed by atoms with E-state index in [4.69, 9.17) is 9.47 Å². The van der Waals surface area contributed by atoms with Crippen LogP contribution in [0.2, 0.25) is 0 Å². The average Bonchev–Trinajstić information content (AvgIpc) is 3.26. The molecule has 23 heavy (non-hydrogen) atoms. The molecule has 1 amide bonds. The number of rotatable bonds is 5. The Kier molecular flexibility index (Phi) is 4.99. The van der Waals surface area contributed by atoms with Gasteiger partial charge in [0.2, 0.25) is 0 Å². The number of aromatic nitrogens is 1. The van der Waals surface area contributed by atoms with E-state index >= 15 is 0 Å². The van der Waals surface area contributed by atoms with E-state index in [1.54, 1.807) is 30.5 Å². The second-order valence-electron chi connectivity index (χ2n) is 5.07. The lowest BCUT2D eigenvalue weighted by atomic mass is 10.2. The summed E-state index contributed by atoms with van der Waals surface area (Å²) >= 11 is 1.43. The fraction of sp³-hybridized carbons (Fsp3) is 0.312. The van der Waals surface area contributed by atoms with Crippen molar-refractivity contribution in [2.75, 3.05) is 11.9 Å². The summed E-state index contributed by atoms with van der Waals surface area (Å²) in [6.45, 7) is 0.754. The zero-order chi connectivity index (χ0) is 16.1. The Bertz CT molecular complexity index is 681. The lowest BCUT2D eigenvalue weighted by Gasteiger charge is -2.11. The third-order valence-corrected chi connectivity index (χ3v) is 4.15. The highest BCUT2D eigenvalue weighted by molar-refractivity contribution is 7.09. The zero-order valence-electron chi connectivity index (χ0n) is 12.4. The van der Waals surface area contributed by atoms with Crippen LogP contribution in [0, 0.1) is 0 Å². The summed E-state index contributed by atoms with van der Waals surface area (Å²) in [5.41, 5.74) is 0.931. The van der Waals surface area contributed by atoms with Crippen molar-refractivity contribution in [2.24, 2.45) is 0 Å². The number of anilines is 1. The summed E-state index contributed by atoms with van der Waals surface area (Å²) < 4.78 is 10.5. The summed E-state index contributed by atoms with van der Waals surface area (Å²) in [6, 6.07) is 6.67. The molecular formula is C16H16N2O4S. The van der Waals surface area contributed by atoms with Gasteiger partial charge in [0.1, 0.15) is 17.7 Å². The van der Waals surface area contributed by atoms with Crippen LogP contribution in [0.3, 0.4) is 0 Å². The van der Waals surface area contributed by atoms with Gasteiger partial charge in [0.05, 0.1) is 5.56 Å². The molecular weight excluding hydrogens is 316 g/mol. The maximum atomic E-state index is 12.1. The smallest absolute Gasteiger partial charge is 0.338 e. The Morgan fingerprint density at radius 1 is 1.43 bits per heavy atom. The van der Waals surface area contributed by atoms with E-state index < -0.39 is 12.1 Å². The van der Waals surface area contributed by atoms with Gasteiger partial charge in [-0.15, -0.1) is 11.3 Å². The van der Waals surface area contributed by atoms with Crippen LogP contribution in [0.25, 0.3) is 0 Å². The Balaban J connectivity index is 1.59. The summed E-state index contributed by atoms with van der Waals surface area (Å²) in [4.78, 5) is 28.1. The third-order valence-electron chi connectivity index (χ3n) is 3.40. The Morgan fingerprint density at radius 3 is 3.09 bits per heavy atom. The normalized spacial score (nSPS) is 17.0. The molecule has 1 atom stereocenters. The molecule has 3 rings (SSSR count). The number of esters is 1. The molecule has 7 heteroatoms. The fourth-order valence-electron chi connectivity index (χ4n) is 2.27. The van der Waals surface area contributed by atoms with Crippen LogP contribution >= 0.6 is 11.3 Å². The molecule has 0 saturated carbocycles. The first kappa shape index (κ1) is 15.6. The number of nitrogens with one attached hydrogen (secondary N) is 1. The Labute approximate surface area is 137 Å². The minimum Gasteiger partial charge on any atom is -0.455 e. The molecule has 1 aromatic heterocycles. The van der Waals surface area contributed by atoms with Gasteiger partial charge in [0.15, 0.2) is 0 Å². The van der Waals surface area contributed by atoms with Gasteiger partial charge in [0, 0.05) is 23.9 Å². The van der Waals surface area contributed by atoms with Gasteiger partial charge in [-0.25, -0.2) is 9.78 Å². The number of amides is 1. The first-order chi connectivity index (χ1) is 11.2. The fourth-order valence-corrected chi connectivity index (χ4v) is 2.79. The highest BCUT2D eigenvalue weighted by atomic mass is 32.1. The Hall–Kier alpha value is -2.25. The summed E-state index contributed by atoms with van der Waals surface area (Å²) in [5, 5.41) is 5.33. The van der Waals surface area contributed by atoms with Gasteiger partial charge < -0.3 is 14.8 Å². The number of thiazole rings is 1. The van der Waals surface area contributed by atoms with Crippen molar-refractivity contribution in [1.82, 2.24) is 4.98 Å². The van der Waals surface area contributed by atoms with E-state index in [2.05, 4.69) is 10.3 Å². The number of nitrogens with zero attached hydrogens (tertiary/aromatic N) is 1. The molecule has 0 bridgehead atoms. The second kappa shape index (κ2) is 7.34. The number of ether oxygens (including phenoxy) is 2. The van der Waals surface area contributed by atoms with Gasteiger partial charge in [0.25, 0.3) is 5.91 Å². The summed E-state index contributed by atoms with van der Waals surface area (Å²) in [5.74, 6) is -0.635. The van der Waals surface area contributed by atoms with Crippen LogP contribution in [0.5, 0.6) is 0 Å². The molecule has 0 spiro atoms. The minimum atomic E-state index is -0.451. The van der Waals surface area contributed by atoms with E-state index in [9.17, 15) is 9.59 Å². The molecule has 1 aliphatic heterocycles. The van der Waals surface area contributed by atoms with Crippen molar-refractivity contribution in [1.29, 1.82) is 0 Å². The molecule has 120 valence electrons. The van der Waals surface area contributed by atoms with Crippen LogP contribution in [-0.4, -0.2) is 29.6 Å². The number of hydrogen-bond acceptors (Lipinski definition) is 6. The number of benzene rings is 1. The average molecular weight is 332 g/mol. The highest BCUT2D eigenvalue weighted by Gasteiger charge is 2.23. The number of hydrogen-bond donors (Lipinski definition) is 1. The van der Waals surface area contributed by atoms with Crippen molar-refractivity contribution in [3.63, 3.8) is 0 Å². The quantitative estimate of drug-likeness (QED) is 0.852. The van der Waals surface area contributed by atoms with Crippen LogP contribution < -0.4 is 5.32 Å². The van der Waals surface area contributed by atoms with Crippen molar-refractivity contribution in [2.45, 2.75) is 25.6 Å². The van der Waals surface area contributed by atoms with Crippen LogP contribution in [0.1, 0.15) is 28.2 Å². The minimum absolute atomic E-state index is 0.142. The highest BCUT2D eigenvalue weighted by Crippen LogP contribution is 2.17. The lowest BCUT2D eigenvalue weighted by Crippen LogP contribution is -2.26. The van der Waals surface area contributed by atoms with Gasteiger partial charge in [-0.1, -0.05) is 6.07 Å². The molecule has 1 saturated heterocycles. The van der Waals surface area contributed by atoms with Crippen LogP contribution in [0.4, 0.5) is 5.69 Å². The third kappa shape index (κ3) is 4.14. The van der Waals surface area contributed by atoms with Gasteiger partial charge in [-0.2, -0.15) is 0 Å². The van der Waals surface area contributed by atoms with E-state index in [0.717, 1.165) is 17.8 Å². The topological polar surface area (TPSA) is 77.5 Å². The molecule has 6 nitrogen and oxygen atoms in total. The predicted molar refractivity (Wildman–Crippen MR) is 85.3 cm³/mol. The summed E-state index contributed by atoms with van der Waals surface area (Å²) in [6.07, 6.45) is 2.87. The lowest BCUT2D eigenvalue weighted by molar-refractivity contribution is -0.124. The SMILES string of the molecule is O=C(OCc1nccs1)c1cccc(NC(=O)C2CCCO2)c1. The molecule has 0 aliphatic carbocycles. The van der Waals surface area contributed by atoms with Crippen molar-refractivity contribution < 1.29 is 19.1 Å². The first-order valence-corrected chi connectivity index (χ1v) is 8.18. The molecule has 2 heterocycles. The van der Waals surface area contributed by atoms with Crippen molar-refractivity contribution in [3.8, 4) is 0 Å². The largest absolute Gasteiger partial charge is 0.455 e. The van der Waals surface area contributed by atoms with E-state index in [-0.39, 0.29) is 12.5 Å². The molecule has 2 aromatic rings. The maximum absolute atomic E-state index is 12.1. The molecule has 0 radical (unpaired) electrons. The van der Waals surface area contributed by atoms with Gasteiger partial charge >= 0.3 is 5.97 Å². The molecule has 1 fully saturated rings. The first-order valence-electron chi connectivity index (χ1n) is 7.30. The van der Waals surface area contributed by atoms with Gasteiger partial charge in [-0.05, 0) is 31.0 Å².